The molecule has 3 aromatic rings. The van der Waals surface area contributed by atoms with Crippen LogP contribution in [0.2, 0.25) is 0 Å². The number of anilines is 1. The van der Waals surface area contributed by atoms with Gasteiger partial charge in [-0.15, -0.1) is 0 Å². The van der Waals surface area contributed by atoms with Crippen molar-refractivity contribution in [1.82, 2.24) is 15.1 Å². The third kappa shape index (κ3) is 5.92. The molecule has 1 aromatic heterocycles. The second-order valence-electron chi connectivity index (χ2n) is 6.83. The fraction of sp³-hybridized carbons (Fsp3) is 0.238. The van der Waals surface area contributed by atoms with Gasteiger partial charge in [0.2, 0.25) is 10.0 Å². The van der Waals surface area contributed by atoms with Gasteiger partial charge >= 0.3 is 0 Å². The van der Waals surface area contributed by atoms with E-state index < -0.39 is 10.0 Å². The molecule has 2 N–H and O–H groups in total. The first-order chi connectivity index (χ1) is 13.8. The van der Waals surface area contributed by atoms with Crippen LogP contribution in [0.15, 0.2) is 60.8 Å². The van der Waals surface area contributed by atoms with Gasteiger partial charge in [-0.2, -0.15) is 5.10 Å². The lowest BCUT2D eigenvalue weighted by molar-refractivity contribution is 0.0953. The number of benzene rings is 2. The van der Waals surface area contributed by atoms with Crippen molar-refractivity contribution in [2.75, 3.05) is 17.5 Å². The van der Waals surface area contributed by atoms with E-state index in [9.17, 15) is 13.2 Å². The minimum absolute atomic E-state index is 0.237. The molecular formula is C21H24N4O3S. The van der Waals surface area contributed by atoms with Crippen LogP contribution in [0, 0.1) is 6.92 Å². The van der Waals surface area contributed by atoms with E-state index >= 15 is 0 Å². The Labute approximate surface area is 170 Å². The molecule has 0 spiro atoms. The van der Waals surface area contributed by atoms with Gasteiger partial charge < -0.3 is 5.32 Å². The Balaban J connectivity index is 1.53. The van der Waals surface area contributed by atoms with Gasteiger partial charge in [-0.3, -0.25) is 9.52 Å². The highest BCUT2D eigenvalue weighted by Crippen LogP contribution is 2.14. The first kappa shape index (κ1) is 20.6. The summed E-state index contributed by atoms with van der Waals surface area (Å²) in [5.74, 6) is -0.237. The molecule has 0 fully saturated rings. The largest absolute Gasteiger partial charge is 0.352 e. The van der Waals surface area contributed by atoms with Crippen LogP contribution in [0.1, 0.15) is 28.0 Å². The molecule has 0 aliphatic carbocycles. The average molecular weight is 413 g/mol. The van der Waals surface area contributed by atoms with E-state index in [4.69, 9.17) is 0 Å². The lowest BCUT2D eigenvalue weighted by atomic mass is 10.1. The number of rotatable bonds is 8. The Morgan fingerprint density at radius 1 is 1.10 bits per heavy atom. The zero-order valence-corrected chi connectivity index (χ0v) is 17.2. The number of aromatic nitrogens is 2. The molecular weight excluding hydrogens is 388 g/mol. The zero-order valence-electron chi connectivity index (χ0n) is 16.4. The lowest BCUT2D eigenvalue weighted by Crippen LogP contribution is -2.25. The third-order valence-electron chi connectivity index (χ3n) is 4.36. The number of carbonyl (C=O) groups is 1. The standard InChI is InChI=1S/C21H24N4O3S/c1-16-18(15-25(23-16)20-11-4-3-5-12-20)9-7-13-22-21(26)17-8-6-10-19(14-17)24-29(2,27)28/h3-6,8,10-12,14-15,24H,7,9,13H2,1-2H3,(H,22,26). The molecule has 0 aliphatic rings. The van der Waals surface area contributed by atoms with Crippen molar-refractivity contribution in [1.29, 1.82) is 0 Å². The van der Waals surface area contributed by atoms with Crippen molar-refractivity contribution in [3.63, 3.8) is 0 Å². The molecule has 3 rings (SSSR count). The lowest BCUT2D eigenvalue weighted by Gasteiger charge is -2.08. The molecule has 152 valence electrons. The summed E-state index contributed by atoms with van der Waals surface area (Å²) in [6.45, 7) is 2.49. The minimum atomic E-state index is -3.38. The number of aryl methyl sites for hydroxylation is 2. The van der Waals surface area contributed by atoms with Gasteiger partial charge in [-0.25, -0.2) is 13.1 Å². The van der Waals surface area contributed by atoms with Crippen molar-refractivity contribution >= 4 is 21.6 Å². The molecule has 0 atom stereocenters. The fourth-order valence-corrected chi connectivity index (χ4v) is 3.53. The highest BCUT2D eigenvalue weighted by Gasteiger charge is 2.09. The summed E-state index contributed by atoms with van der Waals surface area (Å²) in [4.78, 5) is 12.3. The number of nitrogens with one attached hydrogen (secondary N) is 2. The Morgan fingerprint density at radius 3 is 2.59 bits per heavy atom. The molecule has 0 unspecified atom stereocenters. The summed E-state index contributed by atoms with van der Waals surface area (Å²) in [6, 6.07) is 16.3. The predicted octanol–water partition coefficient (Wildman–Crippen LogP) is 2.91. The highest BCUT2D eigenvalue weighted by atomic mass is 32.2. The van der Waals surface area contributed by atoms with E-state index in [0.717, 1.165) is 36.0 Å². The number of nitrogens with zero attached hydrogens (tertiary/aromatic N) is 2. The Bertz CT molecular complexity index is 1090. The van der Waals surface area contributed by atoms with Crippen LogP contribution in [-0.2, 0) is 16.4 Å². The summed E-state index contributed by atoms with van der Waals surface area (Å²) >= 11 is 0. The third-order valence-corrected chi connectivity index (χ3v) is 4.96. The molecule has 8 heteroatoms. The number of amides is 1. The first-order valence-corrected chi connectivity index (χ1v) is 11.2. The smallest absolute Gasteiger partial charge is 0.251 e. The van der Waals surface area contributed by atoms with Gasteiger partial charge in [0.25, 0.3) is 5.91 Å². The Morgan fingerprint density at radius 2 is 1.86 bits per heavy atom. The molecule has 1 heterocycles. The number of hydrogen-bond donors (Lipinski definition) is 2. The van der Waals surface area contributed by atoms with E-state index in [1.165, 1.54) is 6.07 Å². The van der Waals surface area contributed by atoms with Gasteiger partial charge in [0.15, 0.2) is 0 Å². The molecule has 0 saturated heterocycles. The topological polar surface area (TPSA) is 93.1 Å². The maximum Gasteiger partial charge on any atom is 0.251 e. The maximum atomic E-state index is 12.3. The SMILES string of the molecule is Cc1nn(-c2ccccc2)cc1CCCNC(=O)c1cccc(NS(C)(=O)=O)c1. The van der Waals surface area contributed by atoms with Crippen LogP contribution in [0.25, 0.3) is 5.69 Å². The fourth-order valence-electron chi connectivity index (χ4n) is 2.97. The van der Waals surface area contributed by atoms with Gasteiger partial charge in [0.1, 0.15) is 0 Å². The van der Waals surface area contributed by atoms with E-state index in [-0.39, 0.29) is 5.91 Å². The van der Waals surface area contributed by atoms with Crippen molar-refractivity contribution in [3.8, 4) is 5.69 Å². The average Bonchev–Trinajstić information content (AvgIpc) is 3.05. The van der Waals surface area contributed by atoms with Crippen LogP contribution in [0.5, 0.6) is 0 Å². The van der Waals surface area contributed by atoms with E-state index in [2.05, 4.69) is 15.1 Å². The zero-order chi connectivity index (χ0) is 20.9. The molecule has 0 radical (unpaired) electrons. The summed E-state index contributed by atoms with van der Waals surface area (Å²) in [7, 11) is -3.38. The monoisotopic (exact) mass is 412 g/mol. The number of para-hydroxylation sites is 1. The van der Waals surface area contributed by atoms with Crippen molar-refractivity contribution < 1.29 is 13.2 Å². The quantitative estimate of drug-likeness (QED) is 0.557. The van der Waals surface area contributed by atoms with Crippen molar-refractivity contribution in [2.24, 2.45) is 0 Å². The molecule has 0 bridgehead atoms. The van der Waals surface area contributed by atoms with E-state index in [1.807, 2.05) is 48.1 Å². The molecule has 1 amide bonds. The molecule has 29 heavy (non-hydrogen) atoms. The van der Waals surface area contributed by atoms with E-state index in [1.54, 1.807) is 18.2 Å². The van der Waals surface area contributed by atoms with Crippen LogP contribution >= 0.6 is 0 Å². The second kappa shape index (κ2) is 8.91. The summed E-state index contributed by atoms with van der Waals surface area (Å²) in [6.07, 6.45) is 4.66. The van der Waals surface area contributed by atoms with Crippen LogP contribution in [0.3, 0.4) is 0 Å². The summed E-state index contributed by atoms with van der Waals surface area (Å²) < 4.78 is 26.9. The number of carbonyl (C=O) groups excluding carboxylic acids is 1. The number of hydrogen-bond acceptors (Lipinski definition) is 4. The Hall–Kier alpha value is -3.13. The minimum Gasteiger partial charge on any atom is -0.352 e. The second-order valence-corrected chi connectivity index (χ2v) is 8.58. The van der Waals surface area contributed by atoms with Crippen molar-refractivity contribution in [3.05, 3.63) is 77.6 Å². The molecule has 7 nitrogen and oxygen atoms in total. The summed E-state index contributed by atoms with van der Waals surface area (Å²) in [5, 5.41) is 7.43. The normalized spacial score (nSPS) is 11.2. The highest BCUT2D eigenvalue weighted by molar-refractivity contribution is 7.92. The van der Waals surface area contributed by atoms with Crippen LogP contribution in [0.4, 0.5) is 5.69 Å². The molecule has 0 saturated carbocycles. The van der Waals surface area contributed by atoms with Gasteiger partial charge in [-0.05, 0) is 55.7 Å². The van der Waals surface area contributed by atoms with Gasteiger partial charge in [0, 0.05) is 24.0 Å². The molecule has 0 aliphatic heterocycles. The van der Waals surface area contributed by atoms with Crippen molar-refractivity contribution in [2.45, 2.75) is 19.8 Å². The van der Waals surface area contributed by atoms with Gasteiger partial charge in [0.05, 0.1) is 17.6 Å². The maximum absolute atomic E-state index is 12.3. The van der Waals surface area contributed by atoms with Crippen LogP contribution in [-0.4, -0.2) is 36.9 Å². The Kier molecular flexibility index (Phi) is 6.33. The summed E-state index contributed by atoms with van der Waals surface area (Å²) in [5.41, 5.74) is 3.90. The number of sulfonamides is 1. The first-order valence-electron chi connectivity index (χ1n) is 9.28. The predicted molar refractivity (Wildman–Crippen MR) is 114 cm³/mol. The molecule has 2 aromatic carbocycles. The van der Waals surface area contributed by atoms with Crippen LogP contribution < -0.4 is 10.0 Å². The van der Waals surface area contributed by atoms with Gasteiger partial charge in [-0.1, -0.05) is 24.3 Å². The van der Waals surface area contributed by atoms with E-state index in [0.29, 0.717) is 17.8 Å².